The van der Waals surface area contributed by atoms with Crippen molar-refractivity contribution in [2.24, 2.45) is 22.2 Å². The van der Waals surface area contributed by atoms with Gasteiger partial charge >= 0.3 is 0 Å². The van der Waals surface area contributed by atoms with Crippen LogP contribution in [0.15, 0.2) is 4.99 Å². The molecule has 1 N–H and O–H groups in total. The Morgan fingerprint density at radius 2 is 2.05 bits per heavy atom. The van der Waals surface area contributed by atoms with Gasteiger partial charge in [0.15, 0.2) is 5.96 Å². The molecule has 2 saturated carbocycles. The van der Waals surface area contributed by atoms with Crippen molar-refractivity contribution >= 4 is 5.96 Å². The maximum Gasteiger partial charge on any atom is 0.193 e. The van der Waals surface area contributed by atoms with Gasteiger partial charge in [0.1, 0.15) is 0 Å². The van der Waals surface area contributed by atoms with Crippen LogP contribution in [0.25, 0.3) is 0 Å². The van der Waals surface area contributed by atoms with Crippen LogP contribution in [0, 0.1) is 17.3 Å². The highest BCUT2D eigenvalue weighted by Gasteiger charge is 2.48. The molecule has 0 aromatic heterocycles. The van der Waals surface area contributed by atoms with Gasteiger partial charge in [0.05, 0.1) is 0 Å². The molecule has 0 radical (unpaired) electrons. The highest BCUT2D eigenvalue weighted by atomic mass is 15.3. The van der Waals surface area contributed by atoms with Crippen molar-refractivity contribution in [1.82, 2.24) is 10.2 Å². The number of likely N-dealkylation sites (tertiary alicyclic amines) is 1. The number of hydrogen-bond acceptors (Lipinski definition) is 1. The second kappa shape index (κ2) is 5.95. The Kier molecular flexibility index (Phi) is 4.23. The monoisotopic (exact) mass is 277 g/mol. The molecule has 3 fully saturated rings. The maximum absolute atomic E-state index is 5.06. The molecular weight excluding hydrogens is 246 g/mol. The number of guanidine groups is 1. The molecule has 1 saturated heterocycles. The molecular formula is C17H31N3. The van der Waals surface area contributed by atoms with Crippen molar-refractivity contribution in [2.45, 2.75) is 58.8 Å². The SMILES string of the molecule is CCNC(=NCC1(C2CC2)CCC1)N1CCCC(C)C1. The lowest BCUT2D eigenvalue weighted by atomic mass is 9.65. The topological polar surface area (TPSA) is 27.6 Å². The summed E-state index contributed by atoms with van der Waals surface area (Å²) in [5.74, 6) is 3.00. The van der Waals surface area contributed by atoms with Crippen molar-refractivity contribution in [2.75, 3.05) is 26.2 Å². The van der Waals surface area contributed by atoms with Gasteiger partial charge in [-0.15, -0.1) is 0 Å². The lowest BCUT2D eigenvalue weighted by molar-refractivity contribution is 0.112. The summed E-state index contributed by atoms with van der Waals surface area (Å²) < 4.78 is 0. The average molecular weight is 277 g/mol. The van der Waals surface area contributed by atoms with E-state index in [1.54, 1.807) is 0 Å². The molecule has 0 aromatic rings. The van der Waals surface area contributed by atoms with Gasteiger partial charge in [-0.2, -0.15) is 0 Å². The first-order chi connectivity index (χ1) is 9.73. The molecule has 0 spiro atoms. The van der Waals surface area contributed by atoms with Gasteiger partial charge in [0.25, 0.3) is 0 Å². The summed E-state index contributed by atoms with van der Waals surface area (Å²) >= 11 is 0. The average Bonchev–Trinajstić information content (AvgIpc) is 3.21. The van der Waals surface area contributed by atoms with Crippen LogP contribution in [0.3, 0.4) is 0 Å². The van der Waals surface area contributed by atoms with Gasteiger partial charge in [-0.25, -0.2) is 0 Å². The van der Waals surface area contributed by atoms with Crippen LogP contribution in [0.4, 0.5) is 0 Å². The van der Waals surface area contributed by atoms with Crippen LogP contribution in [0.2, 0.25) is 0 Å². The van der Waals surface area contributed by atoms with E-state index in [1.165, 1.54) is 64.0 Å². The highest BCUT2D eigenvalue weighted by Crippen LogP contribution is 2.57. The van der Waals surface area contributed by atoms with Crippen LogP contribution in [-0.4, -0.2) is 37.0 Å². The predicted molar refractivity (Wildman–Crippen MR) is 85.0 cm³/mol. The minimum atomic E-state index is 0.599. The summed E-state index contributed by atoms with van der Waals surface area (Å²) in [6, 6.07) is 0. The molecule has 1 aliphatic heterocycles. The summed E-state index contributed by atoms with van der Waals surface area (Å²) in [5.41, 5.74) is 0.599. The van der Waals surface area contributed by atoms with Gasteiger partial charge in [0.2, 0.25) is 0 Å². The largest absolute Gasteiger partial charge is 0.357 e. The van der Waals surface area contributed by atoms with E-state index in [0.29, 0.717) is 5.41 Å². The molecule has 114 valence electrons. The molecule has 0 amide bonds. The van der Waals surface area contributed by atoms with Gasteiger partial charge in [0, 0.05) is 26.2 Å². The molecule has 3 nitrogen and oxygen atoms in total. The predicted octanol–water partition coefficient (Wildman–Crippen LogP) is 3.26. The first kappa shape index (κ1) is 14.2. The molecule has 0 aromatic carbocycles. The first-order valence-electron chi connectivity index (χ1n) is 8.77. The minimum Gasteiger partial charge on any atom is -0.357 e. The highest BCUT2D eigenvalue weighted by molar-refractivity contribution is 5.80. The Labute approximate surface area is 124 Å². The maximum atomic E-state index is 5.06. The molecule has 2 aliphatic carbocycles. The number of rotatable bonds is 4. The molecule has 1 unspecified atom stereocenters. The van der Waals surface area contributed by atoms with E-state index in [4.69, 9.17) is 4.99 Å². The Morgan fingerprint density at radius 3 is 2.60 bits per heavy atom. The van der Waals surface area contributed by atoms with Gasteiger partial charge in [-0.3, -0.25) is 4.99 Å². The standard InChI is InChI=1S/C17H31N3/c1-3-18-16(20-11-4-6-14(2)12-20)19-13-17(9-5-10-17)15-7-8-15/h14-15H,3-13H2,1-2H3,(H,18,19). The van der Waals surface area contributed by atoms with Crippen molar-refractivity contribution in [1.29, 1.82) is 0 Å². The lowest BCUT2D eigenvalue weighted by Gasteiger charge is -2.42. The summed E-state index contributed by atoms with van der Waals surface area (Å²) in [7, 11) is 0. The van der Waals surface area contributed by atoms with Gasteiger partial charge < -0.3 is 10.2 Å². The van der Waals surface area contributed by atoms with E-state index in [-0.39, 0.29) is 0 Å². The van der Waals surface area contributed by atoms with Gasteiger partial charge in [-0.05, 0) is 62.7 Å². The van der Waals surface area contributed by atoms with Crippen LogP contribution in [0.5, 0.6) is 0 Å². The minimum absolute atomic E-state index is 0.599. The van der Waals surface area contributed by atoms with Crippen LogP contribution in [-0.2, 0) is 0 Å². The molecule has 0 bridgehead atoms. The second-order valence-corrected chi connectivity index (χ2v) is 7.35. The van der Waals surface area contributed by atoms with Crippen molar-refractivity contribution in [3.05, 3.63) is 0 Å². The van der Waals surface area contributed by atoms with Crippen molar-refractivity contribution < 1.29 is 0 Å². The molecule has 1 atom stereocenters. The number of hydrogen-bond donors (Lipinski definition) is 1. The fourth-order valence-electron chi connectivity index (χ4n) is 4.06. The quantitative estimate of drug-likeness (QED) is 0.631. The van der Waals surface area contributed by atoms with E-state index >= 15 is 0 Å². The Bertz CT molecular complexity index is 355. The number of nitrogens with zero attached hydrogens (tertiary/aromatic N) is 2. The molecule has 3 heteroatoms. The zero-order valence-electron chi connectivity index (χ0n) is 13.3. The molecule has 3 aliphatic rings. The van der Waals surface area contributed by atoms with Crippen molar-refractivity contribution in [3.8, 4) is 0 Å². The third-order valence-corrected chi connectivity index (χ3v) is 5.63. The third-order valence-electron chi connectivity index (χ3n) is 5.63. The third kappa shape index (κ3) is 2.96. The fourth-order valence-corrected chi connectivity index (χ4v) is 4.06. The summed E-state index contributed by atoms with van der Waals surface area (Å²) in [5, 5.41) is 3.53. The molecule has 3 rings (SSSR count). The second-order valence-electron chi connectivity index (χ2n) is 7.35. The Balaban J connectivity index is 1.64. The normalized spacial score (nSPS) is 30.0. The van der Waals surface area contributed by atoms with E-state index in [2.05, 4.69) is 24.1 Å². The zero-order chi connectivity index (χ0) is 14.0. The summed E-state index contributed by atoms with van der Waals surface area (Å²) in [6.45, 7) is 8.98. The van der Waals surface area contributed by atoms with E-state index in [9.17, 15) is 0 Å². The molecule has 1 heterocycles. The van der Waals surface area contributed by atoms with E-state index in [0.717, 1.165) is 24.9 Å². The number of piperidine rings is 1. The Morgan fingerprint density at radius 1 is 1.25 bits per heavy atom. The smallest absolute Gasteiger partial charge is 0.193 e. The summed E-state index contributed by atoms with van der Waals surface area (Å²) in [4.78, 5) is 7.56. The van der Waals surface area contributed by atoms with Gasteiger partial charge in [-0.1, -0.05) is 13.3 Å². The van der Waals surface area contributed by atoms with Crippen LogP contribution in [0.1, 0.15) is 58.8 Å². The van der Waals surface area contributed by atoms with E-state index < -0.39 is 0 Å². The van der Waals surface area contributed by atoms with Crippen molar-refractivity contribution in [3.63, 3.8) is 0 Å². The Hall–Kier alpha value is -0.730. The lowest BCUT2D eigenvalue weighted by Crippen LogP contribution is -2.47. The zero-order valence-corrected chi connectivity index (χ0v) is 13.3. The first-order valence-corrected chi connectivity index (χ1v) is 8.77. The van der Waals surface area contributed by atoms with Crippen LogP contribution < -0.4 is 5.32 Å². The number of nitrogens with one attached hydrogen (secondary N) is 1. The molecule has 20 heavy (non-hydrogen) atoms. The van der Waals surface area contributed by atoms with Crippen LogP contribution >= 0.6 is 0 Å². The number of aliphatic imine (C=N–C) groups is 1. The summed E-state index contributed by atoms with van der Waals surface area (Å²) in [6.07, 6.45) is 9.91. The fraction of sp³-hybridized carbons (Fsp3) is 0.941. The van der Waals surface area contributed by atoms with E-state index in [1.807, 2.05) is 0 Å².